The zero-order valence-electron chi connectivity index (χ0n) is 17.2. The zero-order valence-corrected chi connectivity index (χ0v) is 18.1. The second-order valence-electron chi connectivity index (χ2n) is 8.12. The minimum atomic E-state index is -1.01. The highest BCUT2D eigenvalue weighted by molar-refractivity contribution is 7.16. The number of aromatic nitrogens is 1. The average molecular weight is 430 g/mol. The highest BCUT2D eigenvalue weighted by atomic mass is 32.1. The fourth-order valence-electron chi connectivity index (χ4n) is 4.24. The van der Waals surface area contributed by atoms with Crippen LogP contribution in [0.3, 0.4) is 0 Å². The smallest absolute Gasteiger partial charge is 0.271 e. The van der Waals surface area contributed by atoms with E-state index in [1.54, 1.807) is 16.2 Å². The molecule has 2 amide bonds. The van der Waals surface area contributed by atoms with Crippen molar-refractivity contribution in [3.05, 3.63) is 95.0 Å². The minimum Gasteiger partial charge on any atom is -0.350 e. The first-order chi connectivity index (χ1) is 15.1. The van der Waals surface area contributed by atoms with Gasteiger partial charge in [-0.25, -0.2) is 0 Å². The molecule has 5 nitrogen and oxygen atoms in total. The number of hydrogen-bond acceptors (Lipinski definition) is 3. The third kappa shape index (κ3) is 3.43. The molecule has 31 heavy (non-hydrogen) atoms. The molecule has 0 saturated carbocycles. The van der Waals surface area contributed by atoms with Crippen LogP contribution in [0.4, 0.5) is 0 Å². The summed E-state index contributed by atoms with van der Waals surface area (Å²) in [5.74, 6) is -0.263. The second kappa shape index (κ2) is 7.71. The Balaban J connectivity index is 1.51. The van der Waals surface area contributed by atoms with Gasteiger partial charge in [-0.15, -0.1) is 11.3 Å². The van der Waals surface area contributed by atoms with E-state index in [1.165, 1.54) is 0 Å². The molecule has 156 valence electrons. The van der Waals surface area contributed by atoms with Crippen LogP contribution >= 0.6 is 11.3 Å². The Morgan fingerprint density at radius 1 is 1.03 bits per heavy atom. The van der Waals surface area contributed by atoms with Crippen molar-refractivity contribution in [1.29, 1.82) is 0 Å². The highest BCUT2D eigenvalue weighted by Crippen LogP contribution is 2.35. The first kappa shape index (κ1) is 19.6. The van der Waals surface area contributed by atoms with Crippen molar-refractivity contribution < 1.29 is 9.59 Å². The standard InChI is InChI=1S/C25H23N3O2S/c1-25(24(30)26-15-18-8-4-2-5-9-18)17-27-21(14-20-12-13-31-23(20)27)22(29)28(25)16-19-10-6-3-7-11-19/h2-14H,15-17H2,1H3,(H,26,30)/t25-/m1/s1. The molecule has 0 spiro atoms. The molecule has 1 aliphatic heterocycles. The van der Waals surface area contributed by atoms with Crippen LogP contribution in [0, 0.1) is 0 Å². The van der Waals surface area contributed by atoms with Gasteiger partial charge in [0.05, 0.1) is 6.54 Å². The van der Waals surface area contributed by atoms with Gasteiger partial charge in [0.2, 0.25) is 5.91 Å². The van der Waals surface area contributed by atoms with E-state index in [0.717, 1.165) is 21.3 Å². The number of benzene rings is 2. The number of rotatable bonds is 5. The van der Waals surface area contributed by atoms with Crippen molar-refractivity contribution in [2.75, 3.05) is 0 Å². The van der Waals surface area contributed by atoms with Crippen molar-refractivity contribution in [3.8, 4) is 0 Å². The van der Waals surface area contributed by atoms with Crippen LogP contribution in [0.25, 0.3) is 10.2 Å². The predicted molar refractivity (Wildman–Crippen MR) is 123 cm³/mol. The van der Waals surface area contributed by atoms with Gasteiger partial charge in [0, 0.05) is 18.5 Å². The maximum absolute atomic E-state index is 13.6. The number of nitrogens with one attached hydrogen (secondary N) is 1. The number of carbonyl (C=O) groups is 2. The van der Waals surface area contributed by atoms with Gasteiger partial charge in [-0.05, 0) is 35.6 Å². The Morgan fingerprint density at radius 3 is 2.42 bits per heavy atom. The monoisotopic (exact) mass is 429 g/mol. The van der Waals surface area contributed by atoms with E-state index in [4.69, 9.17) is 0 Å². The van der Waals surface area contributed by atoms with E-state index >= 15 is 0 Å². The van der Waals surface area contributed by atoms with Crippen LogP contribution in [0.5, 0.6) is 0 Å². The predicted octanol–water partition coefficient (Wildman–Crippen LogP) is 4.43. The summed E-state index contributed by atoms with van der Waals surface area (Å²) in [4.78, 5) is 29.9. The molecule has 0 saturated heterocycles. The van der Waals surface area contributed by atoms with Crippen LogP contribution in [0.15, 0.2) is 78.2 Å². The normalized spacial score (nSPS) is 18.2. The molecule has 2 aromatic heterocycles. The lowest BCUT2D eigenvalue weighted by Crippen LogP contribution is -2.63. The van der Waals surface area contributed by atoms with Crippen molar-refractivity contribution in [2.24, 2.45) is 0 Å². The molecule has 0 fully saturated rings. The van der Waals surface area contributed by atoms with E-state index in [1.807, 2.05) is 89.7 Å². The maximum atomic E-state index is 13.6. The van der Waals surface area contributed by atoms with E-state index in [2.05, 4.69) is 5.32 Å². The Morgan fingerprint density at radius 2 is 1.71 bits per heavy atom. The first-order valence-corrected chi connectivity index (χ1v) is 11.2. The third-order valence-corrected chi connectivity index (χ3v) is 6.95. The number of nitrogens with zero attached hydrogens (tertiary/aromatic N) is 2. The van der Waals surface area contributed by atoms with Crippen LogP contribution in [-0.4, -0.2) is 26.8 Å². The molecule has 1 N–H and O–H groups in total. The Labute approximate surface area is 184 Å². The third-order valence-electron chi connectivity index (χ3n) is 6.00. The van der Waals surface area contributed by atoms with Gasteiger partial charge >= 0.3 is 0 Å². The van der Waals surface area contributed by atoms with E-state index in [9.17, 15) is 9.59 Å². The van der Waals surface area contributed by atoms with Gasteiger partial charge in [0.1, 0.15) is 16.1 Å². The van der Waals surface area contributed by atoms with Crippen molar-refractivity contribution in [3.63, 3.8) is 0 Å². The maximum Gasteiger partial charge on any atom is 0.271 e. The fraction of sp³-hybridized carbons (Fsp3) is 0.200. The number of amides is 2. The number of thiophene rings is 1. The van der Waals surface area contributed by atoms with Crippen LogP contribution in [-0.2, 0) is 24.4 Å². The molecular weight excluding hydrogens is 406 g/mol. The quantitative estimate of drug-likeness (QED) is 0.510. The molecular formula is C25H23N3O2S. The van der Waals surface area contributed by atoms with Crippen molar-refractivity contribution in [1.82, 2.24) is 14.8 Å². The molecule has 4 aromatic rings. The lowest BCUT2D eigenvalue weighted by molar-refractivity contribution is -0.133. The fourth-order valence-corrected chi connectivity index (χ4v) is 5.14. The molecule has 0 radical (unpaired) electrons. The molecule has 0 aliphatic carbocycles. The Kier molecular flexibility index (Phi) is 4.87. The molecule has 1 atom stereocenters. The van der Waals surface area contributed by atoms with Gasteiger partial charge in [-0.3, -0.25) is 9.59 Å². The van der Waals surface area contributed by atoms with E-state index in [-0.39, 0.29) is 11.8 Å². The summed E-state index contributed by atoms with van der Waals surface area (Å²) in [5.41, 5.74) is 1.66. The zero-order chi connectivity index (χ0) is 21.4. The van der Waals surface area contributed by atoms with Crippen LogP contribution in [0.1, 0.15) is 28.5 Å². The van der Waals surface area contributed by atoms with Gasteiger partial charge in [0.15, 0.2) is 0 Å². The van der Waals surface area contributed by atoms with E-state index in [0.29, 0.717) is 25.3 Å². The SMILES string of the molecule is C[C@]1(C(=O)NCc2ccccc2)Cn2c(cc3ccsc32)C(=O)N1Cc1ccccc1. The van der Waals surface area contributed by atoms with Crippen molar-refractivity contribution >= 4 is 33.4 Å². The Bertz CT molecular complexity index is 1250. The van der Waals surface area contributed by atoms with Gasteiger partial charge in [-0.2, -0.15) is 0 Å². The summed E-state index contributed by atoms with van der Waals surface area (Å²) in [6, 6.07) is 23.6. The highest BCUT2D eigenvalue weighted by Gasteiger charge is 2.47. The molecule has 0 unspecified atom stereocenters. The summed E-state index contributed by atoms with van der Waals surface area (Å²) in [7, 11) is 0. The number of hydrogen-bond donors (Lipinski definition) is 1. The first-order valence-electron chi connectivity index (χ1n) is 10.3. The molecule has 0 bridgehead atoms. The molecule has 6 heteroatoms. The topological polar surface area (TPSA) is 54.3 Å². The minimum absolute atomic E-state index is 0.115. The lowest BCUT2D eigenvalue weighted by Gasteiger charge is -2.44. The van der Waals surface area contributed by atoms with E-state index < -0.39 is 5.54 Å². The molecule has 3 heterocycles. The molecule has 2 aromatic carbocycles. The van der Waals surface area contributed by atoms with Gasteiger partial charge in [-0.1, -0.05) is 60.7 Å². The summed E-state index contributed by atoms with van der Waals surface area (Å²) >= 11 is 1.60. The summed E-state index contributed by atoms with van der Waals surface area (Å²) in [5, 5.41) is 6.13. The molecule has 1 aliphatic rings. The summed E-state index contributed by atoms with van der Waals surface area (Å²) in [6.45, 7) is 3.10. The summed E-state index contributed by atoms with van der Waals surface area (Å²) in [6.07, 6.45) is 0. The largest absolute Gasteiger partial charge is 0.350 e. The van der Waals surface area contributed by atoms with Crippen molar-refractivity contribution in [2.45, 2.75) is 32.1 Å². The molecule has 5 rings (SSSR count). The Hall–Kier alpha value is -3.38. The average Bonchev–Trinajstić information content (AvgIpc) is 3.39. The second-order valence-corrected chi connectivity index (χ2v) is 9.01. The number of carbonyl (C=O) groups excluding carboxylic acids is 2. The van der Waals surface area contributed by atoms with Gasteiger partial charge < -0.3 is 14.8 Å². The lowest BCUT2D eigenvalue weighted by atomic mass is 9.93. The summed E-state index contributed by atoms with van der Waals surface area (Å²) < 4.78 is 2.01. The van der Waals surface area contributed by atoms with Crippen LogP contribution in [0.2, 0.25) is 0 Å². The number of fused-ring (bicyclic) bond motifs is 3. The van der Waals surface area contributed by atoms with Crippen LogP contribution < -0.4 is 5.32 Å². The van der Waals surface area contributed by atoms with Gasteiger partial charge in [0.25, 0.3) is 5.91 Å².